The average molecular weight is 261 g/mol. The number of hydrogen-bond donors (Lipinski definition) is 1. The Kier molecular flexibility index (Phi) is 5.07. The molecule has 0 unspecified atom stereocenters. The topological polar surface area (TPSA) is 66.6 Å². The third-order valence-electron chi connectivity index (χ3n) is 1.67. The molecule has 0 radical (unpaired) electrons. The van der Waals surface area contributed by atoms with Gasteiger partial charge in [0.2, 0.25) is 0 Å². The molecule has 2 N–H and O–H groups in total. The first kappa shape index (κ1) is 15.0. The van der Waals surface area contributed by atoms with Gasteiger partial charge in [-0.1, -0.05) is 0 Å². The zero-order valence-corrected chi connectivity index (χ0v) is 9.72. The highest BCUT2D eigenvalue weighted by Crippen LogP contribution is 2.18. The van der Waals surface area contributed by atoms with Crippen molar-refractivity contribution in [1.29, 1.82) is 0 Å². The number of hydrogen-bond acceptors (Lipinski definition) is 4. The summed E-state index contributed by atoms with van der Waals surface area (Å²) in [4.78, 5) is 4.41. The Balaban J connectivity index is 0.000000281. The van der Waals surface area contributed by atoms with E-state index in [1.165, 1.54) is 0 Å². The highest BCUT2D eigenvalue weighted by molar-refractivity contribution is 7.90. The molecule has 0 saturated carbocycles. The Morgan fingerprint density at radius 2 is 1.81 bits per heavy atom. The van der Waals surface area contributed by atoms with Crippen molar-refractivity contribution in [3.05, 3.63) is 12.4 Å². The van der Waals surface area contributed by atoms with Crippen LogP contribution in [0, 0.1) is 0 Å². The van der Waals surface area contributed by atoms with Crippen molar-refractivity contribution < 1.29 is 21.6 Å². The molecule has 0 aromatic rings. The lowest BCUT2D eigenvalue weighted by atomic mass is 10.6. The molecule has 1 heterocycles. The number of halogens is 3. The molecule has 0 spiro atoms. The summed E-state index contributed by atoms with van der Waals surface area (Å²) in [6.45, 7) is 4.32. The first-order valence-corrected chi connectivity index (χ1v) is 5.84. The normalized spacial score (nSPS) is 16.1. The molecule has 0 saturated heterocycles. The van der Waals surface area contributed by atoms with Gasteiger partial charge >= 0.3 is 15.5 Å². The van der Waals surface area contributed by atoms with E-state index >= 15 is 0 Å². The van der Waals surface area contributed by atoms with Crippen LogP contribution in [0.2, 0.25) is 0 Å². The minimum atomic E-state index is -5.34. The maximum atomic E-state index is 10.8. The summed E-state index contributed by atoms with van der Waals surface area (Å²) in [5, 5.41) is 3.66. The van der Waals surface area contributed by atoms with E-state index in [1.807, 2.05) is 0 Å². The Morgan fingerprint density at radius 1 is 1.38 bits per heavy atom. The van der Waals surface area contributed by atoms with E-state index < -0.39 is 15.5 Å². The molecule has 5 nitrogen and oxygen atoms in total. The Labute approximate surface area is 92.4 Å². The highest BCUT2D eigenvalue weighted by atomic mass is 32.2. The molecular weight excluding hydrogens is 247 g/mol. The van der Waals surface area contributed by atoms with Crippen LogP contribution in [0.1, 0.15) is 6.92 Å². The zero-order valence-electron chi connectivity index (χ0n) is 8.90. The fourth-order valence-electron chi connectivity index (χ4n) is 0.794. The molecule has 0 fully saturated rings. The predicted molar refractivity (Wildman–Crippen MR) is 53.3 cm³/mol. The number of sulfonamides is 1. The van der Waals surface area contributed by atoms with Crippen LogP contribution in [0.15, 0.2) is 12.4 Å². The van der Waals surface area contributed by atoms with Crippen LogP contribution in [0.3, 0.4) is 0 Å². The predicted octanol–water partition coefficient (Wildman–Crippen LogP) is 0.477. The van der Waals surface area contributed by atoms with Crippen LogP contribution in [0.4, 0.5) is 13.2 Å². The van der Waals surface area contributed by atoms with Gasteiger partial charge in [0.05, 0.1) is 6.67 Å². The van der Waals surface area contributed by atoms with Crippen molar-refractivity contribution in [3.63, 3.8) is 0 Å². The maximum absolute atomic E-state index is 10.8. The van der Waals surface area contributed by atoms with Gasteiger partial charge < -0.3 is 9.80 Å². The van der Waals surface area contributed by atoms with E-state index in [1.54, 1.807) is 0 Å². The SMILES string of the molecule is CCN1C=CN(C)C1.NS(=O)(=O)C(F)(F)F. The molecule has 0 aromatic heterocycles. The van der Waals surface area contributed by atoms with Gasteiger partial charge in [-0.15, -0.1) is 0 Å². The highest BCUT2D eigenvalue weighted by Gasteiger charge is 2.42. The van der Waals surface area contributed by atoms with Gasteiger partial charge in [-0.2, -0.15) is 13.2 Å². The molecule has 0 amide bonds. The molecule has 0 aromatic carbocycles. The van der Waals surface area contributed by atoms with Crippen molar-refractivity contribution in [2.45, 2.75) is 12.4 Å². The molecule has 0 atom stereocenters. The monoisotopic (exact) mass is 261 g/mol. The smallest absolute Gasteiger partial charge is 0.362 e. The van der Waals surface area contributed by atoms with E-state index in [2.05, 4.69) is 41.3 Å². The molecule has 1 rings (SSSR count). The first-order chi connectivity index (χ1) is 7.08. The van der Waals surface area contributed by atoms with Crippen LogP contribution >= 0.6 is 0 Å². The first-order valence-electron chi connectivity index (χ1n) is 4.29. The number of nitrogens with zero attached hydrogens (tertiary/aromatic N) is 2. The summed E-state index contributed by atoms with van der Waals surface area (Å²) in [6.07, 6.45) is 4.20. The lowest BCUT2D eigenvalue weighted by molar-refractivity contribution is -0.0436. The maximum Gasteiger partial charge on any atom is 0.511 e. The summed E-state index contributed by atoms with van der Waals surface area (Å²) in [5.74, 6) is 0. The number of alkyl halides is 3. The van der Waals surface area contributed by atoms with Crippen molar-refractivity contribution in [3.8, 4) is 0 Å². The van der Waals surface area contributed by atoms with Crippen molar-refractivity contribution in [2.24, 2.45) is 5.14 Å². The minimum Gasteiger partial charge on any atom is -0.362 e. The molecule has 0 bridgehead atoms. The molecule has 9 heteroatoms. The third-order valence-corrected chi connectivity index (χ3v) is 2.31. The summed E-state index contributed by atoms with van der Waals surface area (Å²) in [5.41, 5.74) is -5.31. The largest absolute Gasteiger partial charge is 0.511 e. The number of nitrogens with two attached hydrogens (primary N) is 1. The molecule has 16 heavy (non-hydrogen) atoms. The van der Waals surface area contributed by atoms with E-state index in [9.17, 15) is 21.6 Å². The number of primary sulfonamides is 1. The van der Waals surface area contributed by atoms with Gasteiger partial charge in [0, 0.05) is 26.0 Å². The average Bonchev–Trinajstić information content (AvgIpc) is 2.48. The van der Waals surface area contributed by atoms with E-state index in [0.29, 0.717) is 0 Å². The van der Waals surface area contributed by atoms with Crippen molar-refractivity contribution in [2.75, 3.05) is 20.3 Å². The third kappa shape index (κ3) is 5.21. The second-order valence-electron chi connectivity index (χ2n) is 3.09. The summed E-state index contributed by atoms with van der Waals surface area (Å²) < 4.78 is 51.2. The van der Waals surface area contributed by atoms with Crippen LogP contribution in [0.25, 0.3) is 0 Å². The van der Waals surface area contributed by atoms with Crippen LogP contribution in [0.5, 0.6) is 0 Å². The quantitative estimate of drug-likeness (QED) is 0.745. The van der Waals surface area contributed by atoms with Crippen molar-refractivity contribution >= 4 is 10.0 Å². The van der Waals surface area contributed by atoms with Gasteiger partial charge in [0.25, 0.3) is 0 Å². The minimum absolute atomic E-state index is 1.05. The van der Waals surface area contributed by atoms with E-state index in [0.717, 1.165) is 13.2 Å². The van der Waals surface area contributed by atoms with E-state index in [-0.39, 0.29) is 0 Å². The summed E-state index contributed by atoms with van der Waals surface area (Å²) >= 11 is 0. The second-order valence-corrected chi connectivity index (χ2v) is 4.65. The molecule has 1 aliphatic heterocycles. The summed E-state index contributed by atoms with van der Waals surface area (Å²) in [7, 11) is -3.26. The Morgan fingerprint density at radius 3 is 1.94 bits per heavy atom. The van der Waals surface area contributed by atoms with Gasteiger partial charge in [0.15, 0.2) is 0 Å². The van der Waals surface area contributed by atoms with Gasteiger partial charge in [-0.3, -0.25) is 0 Å². The van der Waals surface area contributed by atoms with Crippen molar-refractivity contribution in [1.82, 2.24) is 9.80 Å². The molecule has 96 valence electrons. The van der Waals surface area contributed by atoms with Gasteiger partial charge in [-0.25, -0.2) is 13.6 Å². The number of rotatable bonds is 1. The summed E-state index contributed by atoms with van der Waals surface area (Å²) in [6, 6.07) is 0. The van der Waals surface area contributed by atoms with E-state index in [4.69, 9.17) is 0 Å². The van der Waals surface area contributed by atoms with Gasteiger partial charge in [0.1, 0.15) is 0 Å². The zero-order chi connectivity index (χ0) is 13.0. The Hall–Kier alpha value is -0.960. The molecule has 0 aliphatic carbocycles. The van der Waals surface area contributed by atoms with Crippen LogP contribution in [-0.4, -0.2) is 44.0 Å². The second kappa shape index (κ2) is 5.39. The molecular formula is C7H14F3N3O2S. The standard InChI is InChI=1S/C6H12N2.CH2F3NO2S/c1-3-8-5-4-7(2)6-8;2-1(3,4)8(5,6)7/h4-5H,3,6H2,1-2H3;(H2,5,6,7). The van der Waals surface area contributed by atoms with Crippen LogP contribution in [-0.2, 0) is 10.0 Å². The fourth-order valence-corrected chi connectivity index (χ4v) is 0.794. The Bertz CT molecular complexity index is 339. The molecule has 1 aliphatic rings. The fraction of sp³-hybridized carbons (Fsp3) is 0.714. The van der Waals surface area contributed by atoms with Crippen LogP contribution < -0.4 is 5.14 Å². The lowest BCUT2D eigenvalue weighted by Crippen LogP contribution is -2.30. The van der Waals surface area contributed by atoms with Gasteiger partial charge in [-0.05, 0) is 6.92 Å². The lowest BCUT2D eigenvalue weighted by Gasteiger charge is -2.14.